The zero-order chi connectivity index (χ0) is 12.3. The molecular weight excluding hydrogens is 329 g/mol. The summed E-state index contributed by atoms with van der Waals surface area (Å²) in [4.78, 5) is 12.0. The molecule has 88 valence electrons. The maximum absolute atomic E-state index is 12.0. The van der Waals surface area contributed by atoms with E-state index in [2.05, 4.69) is 38.1 Å². The molecule has 0 radical (unpaired) electrons. The van der Waals surface area contributed by atoms with Crippen molar-refractivity contribution in [2.75, 3.05) is 0 Å². The van der Waals surface area contributed by atoms with Gasteiger partial charge in [0.1, 0.15) is 0 Å². The van der Waals surface area contributed by atoms with Gasteiger partial charge >= 0.3 is 0 Å². The minimum atomic E-state index is -0.0596. The van der Waals surface area contributed by atoms with Gasteiger partial charge in [-0.15, -0.1) is 0 Å². The lowest BCUT2D eigenvalue weighted by molar-refractivity contribution is 0.0949. The Balaban J connectivity index is 2.07. The van der Waals surface area contributed by atoms with Gasteiger partial charge in [-0.25, -0.2) is 0 Å². The molecule has 1 amide bonds. The van der Waals surface area contributed by atoms with Gasteiger partial charge in [-0.2, -0.15) is 5.10 Å². The summed E-state index contributed by atoms with van der Waals surface area (Å²) in [5.74, 6) is -0.0596. The largest absolute Gasteiger partial charge is 0.346 e. The van der Waals surface area contributed by atoms with Crippen LogP contribution in [-0.2, 0) is 6.54 Å². The van der Waals surface area contributed by atoms with Gasteiger partial charge in [-0.1, -0.05) is 6.07 Å². The Bertz CT molecular complexity index is 523. The summed E-state index contributed by atoms with van der Waals surface area (Å²) < 4.78 is 1.09. The van der Waals surface area contributed by atoms with Crippen LogP contribution in [0.3, 0.4) is 0 Å². The fourth-order valence-electron chi connectivity index (χ4n) is 1.51. The van der Waals surface area contributed by atoms with Crippen LogP contribution in [0.5, 0.6) is 0 Å². The number of carbonyl (C=O) groups excluding carboxylic acids is 1. The summed E-state index contributed by atoms with van der Waals surface area (Å²) in [6, 6.07) is 7.54. The van der Waals surface area contributed by atoms with E-state index >= 15 is 0 Å². The van der Waals surface area contributed by atoms with Crippen molar-refractivity contribution in [3.63, 3.8) is 0 Å². The van der Waals surface area contributed by atoms with Crippen LogP contribution in [0.15, 0.2) is 30.5 Å². The summed E-state index contributed by atoms with van der Waals surface area (Å²) >= 11 is 2.23. The molecule has 5 heteroatoms. The molecule has 0 saturated carbocycles. The maximum Gasteiger partial charge on any atom is 0.251 e. The summed E-state index contributed by atoms with van der Waals surface area (Å²) in [6.07, 6.45) is 1.66. The highest BCUT2D eigenvalue weighted by molar-refractivity contribution is 14.1. The molecule has 2 rings (SSSR count). The van der Waals surface area contributed by atoms with E-state index in [0.29, 0.717) is 6.54 Å². The third kappa shape index (κ3) is 2.85. The molecule has 4 nitrogen and oxygen atoms in total. The second kappa shape index (κ2) is 5.31. The van der Waals surface area contributed by atoms with E-state index in [0.717, 1.165) is 20.4 Å². The Morgan fingerprint density at radius 2 is 2.29 bits per heavy atom. The topological polar surface area (TPSA) is 57.8 Å². The van der Waals surface area contributed by atoms with E-state index in [9.17, 15) is 4.79 Å². The number of nitrogens with one attached hydrogen (secondary N) is 2. The first-order valence-electron chi connectivity index (χ1n) is 5.20. The van der Waals surface area contributed by atoms with E-state index < -0.39 is 0 Å². The third-order valence-corrected chi connectivity index (χ3v) is 3.68. The van der Waals surface area contributed by atoms with Gasteiger partial charge in [-0.3, -0.25) is 9.89 Å². The normalized spacial score (nSPS) is 10.2. The van der Waals surface area contributed by atoms with Crippen LogP contribution < -0.4 is 5.32 Å². The van der Waals surface area contributed by atoms with Crippen LogP contribution in [0.25, 0.3) is 0 Å². The van der Waals surface area contributed by atoms with Crippen LogP contribution in [0, 0.1) is 10.5 Å². The van der Waals surface area contributed by atoms with E-state index in [1.165, 1.54) is 0 Å². The standard InChI is InChI=1S/C12H12IN3O/c1-8-10(3-2-4-11(8)13)12(17)14-7-9-5-6-15-16-9/h2-6H,7H2,1H3,(H,14,17)(H,15,16). The van der Waals surface area contributed by atoms with E-state index in [1.807, 2.05) is 31.2 Å². The number of amides is 1. The average molecular weight is 341 g/mol. The van der Waals surface area contributed by atoms with Crippen LogP contribution in [-0.4, -0.2) is 16.1 Å². The molecule has 17 heavy (non-hydrogen) atoms. The van der Waals surface area contributed by atoms with Crippen LogP contribution in [0.1, 0.15) is 21.6 Å². The van der Waals surface area contributed by atoms with Crippen molar-refractivity contribution in [3.05, 3.63) is 50.9 Å². The fraction of sp³-hybridized carbons (Fsp3) is 0.167. The minimum absolute atomic E-state index is 0.0596. The van der Waals surface area contributed by atoms with Crippen molar-refractivity contribution in [1.29, 1.82) is 0 Å². The number of H-pyrrole nitrogens is 1. The van der Waals surface area contributed by atoms with Crippen molar-refractivity contribution >= 4 is 28.5 Å². The van der Waals surface area contributed by atoms with Crippen molar-refractivity contribution in [2.24, 2.45) is 0 Å². The van der Waals surface area contributed by atoms with Crippen molar-refractivity contribution in [3.8, 4) is 0 Å². The third-order valence-electron chi connectivity index (χ3n) is 2.51. The number of hydrogen-bond donors (Lipinski definition) is 2. The predicted molar refractivity (Wildman–Crippen MR) is 73.7 cm³/mol. The smallest absolute Gasteiger partial charge is 0.251 e. The number of aromatic amines is 1. The quantitative estimate of drug-likeness (QED) is 0.842. The van der Waals surface area contributed by atoms with Gasteiger partial charge in [0.05, 0.1) is 12.2 Å². The number of rotatable bonds is 3. The lowest BCUT2D eigenvalue weighted by atomic mass is 10.1. The van der Waals surface area contributed by atoms with E-state index in [-0.39, 0.29) is 5.91 Å². The Morgan fingerprint density at radius 1 is 1.47 bits per heavy atom. The second-order valence-electron chi connectivity index (χ2n) is 3.68. The first-order chi connectivity index (χ1) is 8.18. The molecule has 0 saturated heterocycles. The Morgan fingerprint density at radius 3 is 3.00 bits per heavy atom. The molecule has 2 aromatic rings. The molecule has 0 fully saturated rings. The molecule has 0 aliphatic carbocycles. The van der Waals surface area contributed by atoms with Crippen molar-refractivity contribution in [1.82, 2.24) is 15.5 Å². The number of hydrogen-bond acceptors (Lipinski definition) is 2. The number of aromatic nitrogens is 2. The zero-order valence-corrected chi connectivity index (χ0v) is 11.5. The summed E-state index contributed by atoms with van der Waals surface area (Å²) in [7, 11) is 0. The Labute approximate surface area is 113 Å². The van der Waals surface area contributed by atoms with Crippen LogP contribution >= 0.6 is 22.6 Å². The number of carbonyl (C=O) groups is 1. The van der Waals surface area contributed by atoms with Gasteiger partial charge in [0.15, 0.2) is 0 Å². The van der Waals surface area contributed by atoms with Gasteiger partial charge in [0.2, 0.25) is 0 Å². The van der Waals surface area contributed by atoms with E-state index in [4.69, 9.17) is 0 Å². The Hall–Kier alpha value is -1.37. The highest BCUT2D eigenvalue weighted by atomic mass is 127. The van der Waals surface area contributed by atoms with Crippen molar-refractivity contribution < 1.29 is 4.79 Å². The second-order valence-corrected chi connectivity index (χ2v) is 4.84. The van der Waals surface area contributed by atoms with Crippen molar-refractivity contribution in [2.45, 2.75) is 13.5 Å². The highest BCUT2D eigenvalue weighted by Crippen LogP contribution is 2.15. The zero-order valence-electron chi connectivity index (χ0n) is 9.33. The summed E-state index contributed by atoms with van der Waals surface area (Å²) in [5, 5.41) is 9.49. The molecule has 0 spiro atoms. The summed E-state index contributed by atoms with van der Waals surface area (Å²) in [5.41, 5.74) is 2.62. The molecule has 0 aliphatic rings. The Kier molecular flexibility index (Phi) is 3.78. The highest BCUT2D eigenvalue weighted by Gasteiger charge is 2.10. The molecule has 0 bridgehead atoms. The van der Waals surface area contributed by atoms with Gasteiger partial charge < -0.3 is 5.32 Å². The van der Waals surface area contributed by atoms with Gasteiger partial charge in [0, 0.05) is 15.3 Å². The molecule has 0 atom stereocenters. The minimum Gasteiger partial charge on any atom is -0.346 e. The molecule has 0 aliphatic heterocycles. The fourth-order valence-corrected chi connectivity index (χ4v) is 2.01. The maximum atomic E-state index is 12.0. The molecule has 0 unspecified atom stereocenters. The number of nitrogens with zero attached hydrogens (tertiary/aromatic N) is 1. The number of halogens is 1. The average Bonchev–Trinajstić information content (AvgIpc) is 2.82. The first-order valence-corrected chi connectivity index (χ1v) is 6.28. The molecular formula is C12H12IN3O. The predicted octanol–water partition coefficient (Wildman–Crippen LogP) is 2.25. The lowest BCUT2D eigenvalue weighted by Crippen LogP contribution is -2.24. The van der Waals surface area contributed by atoms with Crippen LogP contribution in [0.4, 0.5) is 0 Å². The van der Waals surface area contributed by atoms with E-state index in [1.54, 1.807) is 6.20 Å². The molecule has 2 N–H and O–H groups in total. The first kappa shape index (κ1) is 12.1. The monoisotopic (exact) mass is 341 g/mol. The molecule has 1 aromatic carbocycles. The van der Waals surface area contributed by atoms with Gasteiger partial charge in [0.25, 0.3) is 5.91 Å². The molecule has 1 aromatic heterocycles. The number of benzene rings is 1. The van der Waals surface area contributed by atoms with Gasteiger partial charge in [-0.05, 0) is 53.3 Å². The molecule has 1 heterocycles. The summed E-state index contributed by atoms with van der Waals surface area (Å²) in [6.45, 7) is 2.41. The SMILES string of the molecule is Cc1c(I)cccc1C(=O)NCc1ccn[nH]1. The van der Waals surface area contributed by atoms with Crippen LogP contribution in [0.2, 0.25) is 0 Å². The lowest BCUT2D eigenvalue weighted by Gasteiger charge is -2.07.